The maximum Gasteiger partial charge on any atom is 0.270 e. The monoisotopic (exact) mass is 426 g/mol. The number of aldehydes is 1. The van der Waals surface area contributed by atoms with Gasteiger partial charge in [0.05, 0.1) is 10.5 Å². The van der Waals surface area contributed by atoms with Gasteiger partial charge < -0.3 is 10.1 Å². The van der Waals surface area contributed by atoms with Crippen LogP contribution in [0.2, 0.25) is 0 Å². The molecule has 0 unspecified atom stereocenters. The predicted octanol–water partition coefficient (Wildman–Crippen LogP) is 3.03. The number of halogens is 1. The van der Waals surface area contributed by atoms with Crippen LogP contribution in [0.5, 0.6) is 5.75 Å². The molecule has 0 saturated carbocycles. The average molecular weight is 426 g/mol. The molecule has 0 aliphatic carbocycles. The molecule has 0 aliphatic rings. The summed E-state index contributed by atoms with van der Waals surface area (Å²) in [5.41, 5.74) is 0.419. The van der Waals surface area contributed by atoms with Crippen molar-refractivity contribution in [3.05, 3.63) is 61.7 Å². The minimum atomic E-state index is -0.611. The summed E-state index contributed by atoms with van der Waals surface area (Å²) in [6.07, 6.45) is 0.444. The molecule has 2 aromatic rings. The Morgan fingerprint density at radius 2 is 1.96 bits per heavy atom. The van der Waals surface area contributed by atoms with Crippen LogP contribution in [-0.2, 0) is 4.79 Å². The molecular weight excluding hydrogens is 415 g/mol. The summed E-state index contributed by atoms with van der Waals surface area (Å²) >= 11 is 2.15. The molecule has 0 spiro atoms. The summed E-state index contributed by atoms with van der Waals surface area (Å²) in [6.45, 7) is -0.315. The first-order valence-corrected chi connectivity index (χ1v) is 7.49. The van der Waals surface area contributed by atoms with Crippen LogP contribution in [0.15, 0.2) is 42.5 Å². The van der Waals surface area contributed by atoms with E-state index in [-0.39, 0.29) is 23.6 Å². The lowest BCUT2D eigenvalue weighted by atomic mass is 10.2. The third kappa shape index (κ3) is 4.74. The highest BCUT2D eigenvalue weighted by atomic mass is 127. The number of anilines is 1. The molecule has 0 atom stereocenters. The van der Waals surface area contributed by atoms with Crippen molar-refractivity contribution >= 4 is 46.2 Å². The second-order valence-electron chi connectivity index (χ2n) is 4.44. The highest BCUT2D eigenvalue weighted by Crippen LogP contribution is 2.22. The van der Waals surface area contributed by atoms with Crippen LogP contribution < -0.4 is 10.1 Å². The molecule has 0 bridgehead atoms. The van der Waals surface area contributed by atoms with E-state index in [2.05, 4.69) is 27.9 Å². The number of nitrogens with zero attached hydrogens (tertiary/aromatic N) is 1. The Kier molecular flexibility index (Phi) is 5.63. The van der Waals surface area contributed by atoms with Crippen molar-refractivity contribution in [3.8, 4) is 5.75 Å². The molecule has 2 rings (SSSR count). The number of hydrogen-bond acceptors (Lipinski definition) is 5. The van der Waals surface area contributed by atoms with E-state index in [4.69, 9.17) is 4.74 Å². The molecule has 7 nitrogen and oxygen atoms in total. The zero-order valence-electron chi connectivity index (χ0n) is 11.7. The van der Waals surface area contributed by atoms with Gasteiger partial charge in [-0.3, -0.25) is 19.7 Å². The van der Waals surface area contributed by atoms with Gasteiger partial charge in [0, 0.05) is 21.4 Å². The Bertz CT molecular complexity index is 746. The number of nitro benzene ring substituents is 1. The number of rotatable bonds is 6. The molecule has 0 aliphatic heterocycles. The van der Waals surface area contributed by atoms with Crippen molar-refractivity contribution in [2.45, 2.75) is 0 Å². The third-order valence-corrected chi connectivity index (χ3v) is 3.54. The Labute approximate surface area is 144 Å². The number of nitrogens with one attached hydrogen (secondary N) is 1. The molecule has 8 heteroatoms. The summed E-state index contributed by atoms with van der Waals surface area (Å²) in [5, 5.41) is 13.3. The van der Waals surface area contributed by atoms with Crippen LogP contribution in [0.3, 0.4) is 0 Å². The lowest BCUT2D eigenvalue weighted by Crippen LogP contribution is -2.20. The van der Waals surface area contributed by atoms with Gasteiger partial charge in [-0.15, -0.1) is 0 Å². The highest BCUT2D eigenvalue weighted by Gasteiger charge is 2.12. The van der Waals surface area contributed by atoms with E-state index < -0.39 is 10.8 Å². The molecule has 0 saturated heterocycles. The van der Waals surface area contributed by atoms with Gasteiger partial charge in [-0.25, -0.2) is 0 Å². The van der Waals surface area contributed by atoms with Gasteiger partial charge in [-0.05, 0) is 52.9 Å². The lowest BCUT2D eigenvalue weighted by Gasteiger charge is -2.09. The normalized spacial score (nSPS) is 9.96. The number of hydrogen-bond donors (Lipinski definition) is 1. The quantitative estimate of drug-likeness (QED) is 0.332. The van der Waals surface area contributed by atoms with Gasteiger partial charge in [-0.2, -0.15) is 0 Å². The summed E-state index contributed by atoms with van der Waals surface area (Å²) < 4.78 is 6.29. The van der Waals surface area contributed by atoms with Gasteiger partial charge in [0.15, 0.2) is 12.9 Å². The summed E-state index contributed by atoms with van der Waals surface area (Å²) in [7, 11) is 0. The van der Waals surface area contributed by atoms with Crippen LogP contribution in [0.1, 0.15) is 10.4 Å². The van der Waals surface area contributed by atoms with E-state index in [0.29, 0.717) is 12.0 Å². The van der Waals surface area contributed by atoms with Crippen molar-refractivity contribution in [1.82, 2.24) is 0 Å². The molecule has 2 aromatic carbocycles. The predicted molar refractivity (Wildman–Crippen MR) is 91.8 cm³/mol. The molecule has 1 amide bonds. The zero-order valence-corrected chi connectivity index (χ0v) is 13.8. The van der Waals surface area contributed by atoms with Gasteiger partial charge in [0.1, 0.15) is 5.75 Å². The van der Waals surface area contributed by atoms with Crippen LogP contribution in [0.25, 0.3) is 0 Å². The molecule has 0 aromatic heterocycles. The van der Waals surface area contributed by atoms with Gasteiger partial charge in [-0.1, -0.05) is 0 Å². The molecule has 23 heavy (non-hydrogen) atoms. The fourth-order valence-corrected chi connectivity index (χ4v) is 2.11. The number of ether oxygens (including phenoxy) is 1. The van der Waals surface area contributed by atoms with Crippen molar-refractivity contribution in [2.24, 2.45) is 0 Å². The minimum Gasteiger partial charge on any atom is -0.483 e. The zero-order chi connectivity index (χ0) is 16.8. The number of non-ortho nitro benzene ring substituents is 1. The van der Waals surface area contributed by atoms with E-state index in [1.54, 1.807) is 12.1 Å². The SMILES string of the molecule is O=Cc1cc([N+](=O)[O-])ccc1OCC(=O)Nc1ccc(I)cc1. The lowest BCUT2D eigenvalue weighted by molar-refractivity contribution is -0.384. The van der Waals surface area contributed by atoms with E-state index in [0.717, 1.165) is 9.64 Å². The summed E-state index contributed by atoms with van der Waals surface area (Å²) in [6, 6.07) is 10.8. The van der Waals surface area contributed by atoms with Gasteiger partial charge >= 0.3 is 0 Å². The maximum absolute atomic E-state index is 11.8. The molecular formula is C15H11IN2O5. The summed E-state index contributed by atoms with van der Waals surface area (Å²) in [4.78, 5) is 32.8. The van der Waals surface area contributed by atoms with E-state index in [1.807, 2.05) is 12.1 Å². The fraction of sp³-hybridized carbons (Fsp3) is 0.0667. The second-order valence-corrected chi connectivity index (χ2v) is 5.69. The molecule has 0 heterocycles. The Morgan fingerprint density at radius 3 is 2.57 bits per heavy atom. The number of carbonyl (C=O) groups is 2. The van der Waals surface area contributed by atoms with Crippen LogP contribution in [-0.4, -0.2) is 23.7 Å². The first-order chi connectivity index (χ1) is 11.0. The Morgan fingerprint density at radius 1 is 1.26 bits per heavy atom. The average Bonchev–Trinajstić information content (AvgIpc) is 2.54. The van der Waals surface area contributed by atoms with E-state index >= 15 is 0 Å². The first kappa shape index (κ1) is 16.9. The van der Waals surface area contributed by atoms with Crippen LogP contribution in [0, 0.1) is 13.7 Å². The second kappa shape index (κ2) is 7.68. The van der Waals surface area contributed by atoms with Crippen LogP contribution >= 0.6 is 22.6 Å². The minimum absolute atomic E-state index is 0.0151. The largest absolute Gasteiger partial charge is 0.483 e. The van der Waals surface area contributed by atoms with Crippen molar-refractivity contribution < 1.29 is 19.2 Å². The van der Waals surface area contributed by atoms with Gasteiger partial charge in [0.25, 0.3) is 11.6 Å². The highest BCUT2D eigenvalue weighted by molar-refractivity contribution is 14.1. The van der Waals surface area contributed by atoms with Crippen molar-refractivity contribution in [2.75, 3.05) is 11.9 Å². The van der Waals surface area contributed by atoms with Crippen LogP contribution in [0.4, 0.5) is 11.4 Å². The topological polar surface area (TPSA) is 98.5 Å². The molecule has 1 N–H and O–H groups in total. The third-order valence-electron chi connectivity index (χ3n) is 2.82. The first-order valence-electron chi connectivity index (χ1n) is 6.41. The smallest absolute Gasteiger partial charge is 0.270 e. The van der Waals surface area contributed by atoms with E-state index in [1.165, 1.54) is 12.1 Å². The Hall–Kier alpha value is -2.49. The van der Waals surface area contributed by atoms with Crippen molar-refractivity contribution in [1.29, 1.82) is 0 Å². The molecule has 118 valence electrons. The molecule has 0 fully saturated rings. The van der Waals surface area contributed by atoms with Gasteiger partial charge in [0.2, 0.25) is 0 Å². The number of benzene rings is 2. The fourth-order valence-electron chi connectivity index (χ4n) is 1.75. The summed E-state index contributed by atoms with van der Waals surface area (Å²) in [5.74, 6) is -0.287. The maximum atomic E-state index is 11.8. The number of carbonyl (C=O) groups excluding carboxylic acids is 2. The van der Waals surface area contributed by atoms with E-state index in [9.17, 15) is 19.7 Å². The number of amides is 1. The Balaban J connectivity index is 1.99. The molecule has 0 radical (unpaired) electrons. The standard InChI is InChI=1S/C15H11IN2O5/c16-11-1-3-12(4-2-11)17-15(20)9-23-14-6-5-13(18(21)22)7-10(14)8-19/h1-8H,9H2,(H,17,20). The number of nitro groups is 1. The van der Waals surface area contributed by atoms with Crippen molar-refractivity contribution in [3.63, 3.8) is 0 Å².